The first-order valence-electron chi connectivity index (χ1n) is 8.32. The van der Waals surface area contributed by atoms with Crippen molar-refractivity contribution in [3.05, 3.63) is 20.9 Å². The van der Waals surface area contributed by atoms with Crippen LogP contribution in [0.2, 0.25) is 0 Å². The number of hydrogen-bond acceptors (Lipinski definition) is 5. The number of hydrogen-bond donors (Lipinski definition) is 3. The highest BCUT2D eigenvalue weighted by Gasteiger charge is 2.37. The number of rotatable bonds is 4. The van der Waals surface area contributed by atoms with Crippen molar-refractivity contribution in [1.29, 1.82) is 0 Å². The summed E-state index contributed by atoms with van der Waals surface area (Å²) < 4.78 is 5.58. The van der Waals surface area contributed by atoms with Gasteiger partial charge in [-0.2, -0.15) is 0 Å². The summed E-state index contributed by atoms with van der Waals surface area (Å²) in [4.78, 5) is 14.3. The van der Waals surface area contributed by atoms with Gasteiger partial charge in [-0.1, -0.05) is 13.8 Å². The van der Waals surface area contributed by atoms with E-state index in [0.29, 0.717) is 25.3 Å². The van der Waals surface area contributed by atoms with Gasteiger partial charge in [-0.25, -0.2) is 4.79 Å². The predicted octanol–water partition coefficient (Wildman–Crippen LogP) is 2.54. The molecule has 5 nitrogen and oxygen atoms in total. The minimum atomic E-state index is -0.777. The molecule has 2 atom stereocenters. The lowest BCUT2D eigenvalue weighted by molar-refractivity contribution is 0.0405. The van der Waals surface area contributed by atoms with Crippen LogP contribution >= 0.6 is 11.3 Å². The van der Waals surface area contributed by atoms with Crippen LogP contribution in [0.25, 0.3) is 0 Å². The number of ether oxygens (including phenoxy) is 1. The van der Waals surface area contributed by atoms with Gasteiger partial charge in [0.2, 0.25) is 0 Å². The number of hydrazine groups is 1. The Morgan fingerprint density at radius 1 is 1.52 bits per heavy atom. The van der Waals surface area contributed by atoms with E-state index >= 15 is 0 Å². The molecule has 1 aromatic rings. The number of carboxylic acids is 1. The van der Waals surface area contributed by atoms with Crippen LogP contribution in [0.1, 0.15) is 58.3 Å². The van der Waals surface area contributed by atoms with E-state index in [-0.39, 0.29) is 17.3 Å². The quantitative estimate of drug-likeness (QED) is 0.580. The Labute approximate surface area is 141 Å². The van der Waals surface area contributed by atoms with E-state index in [2.05, 4.69) is 19.3 Å². The number of carboxylic acid groups (broad SMARTS) is 1. The Hall–Kier alpha value is -0.950. The van der Waals surface area contributed by atoms with Crippen LogP contribution in [0.15, 0.2) is 0 Å². The molecule has 0 aromatic carbocycles. The first kappa shape index (κ1) is 16.9. The summed E-state index contributed by atoms with van der Waals surface area (Å²) in [7, 11) is 0. The number of aromatic carboxylic acids is 1. The number of thiophene rings is 1. The SMILES string of the molecule is CC1(C)CCc2sc([C@@H]3CCOC[C@@H]3CNN)c(C(=O)O)c2C1. The van der Waals surface area contributed by atoms with Gasteiger partial charge in [-0.15, -0.1) is 11.3 Å². The number of nitrogens with one attached hydrogen (secondary N) is 1. The second-order valence-electron chi connectivity index (χ2n) is 7.53. The Morgan fingerprint density at radius 3 is 3.00 bits per heavy atom. The number of nitrogens with two attached hydrogens (primary N) is 1. The molecule has 6 heteroatoms. The zero-order chi connectivity index (χ0) is 16.6. The number of fused-ring (bicyclic) bond motifs is 1. The first-order chi connectivity index (χ1) is 10.9. The molecule has 1 aliphatic heterocycles. The third-order valence-corrected chi connectivity index (χ3v) is 6.63. The Morgan fingerprint density at radius 2 is 2.30 bits per heavy atom. The van der Waals surface area contributed by atoms with Crippen molar-refractivity contribution in [2.75, 3.05) is 19.8 Å². The van der Waals surface area contributed by atoms with E-state index in [1.54, 1.807) is 11.3 Å². The fraction of sp³-hybridized carbons (Fsp3) is 0.706. The molecule has 0 saturated carbocycles. The smallest absolute Gasteiger partial charge is 0.337 e. The van der Waals surface area contributed by atoms with Gasteiger partial charge in [0.25, 0.3) is 0 Å². The maximum absolute atomic E-state index is 12.0. The Kier molecular flexibility index (Phi) is 4.78. The molecular formula is C17H26N2O3S. The zero-order valence-corrected chi connectivity index (χ0v) is 14.7. The van der Waals surface area contributed by atoms with E-state index in [1.807, 2.05) is 0 Å². The third kappa shape index (κ3) is 3.31. The summed E-state index contributed by atoms with van der Waals surface area (Å²) in [6, 6.07) is 0. The molecule has 0 unspecified atom stereocenters. The lowest BCUT2D eigenvalue weighted by atomic mass is 9.75. The average molecular weight is 338 g/mol. The van der Waals surface area contributed by atoms with Crippen LogP contribution < -0.4 is 11.3 Å². The largest absolute Gasteiger partial charge is 0.478 e. The second kappa shape index (κ2) is 6.51. The van der Waals surface area contributed by atoms with Gasteiger partial charge in [0, 0.05) is 34.7 Å². The van der Waals surface area contributed by atoms with Gasteiger partial charge in [-0.3, -0.25) is 11.3 Å². The van der Waals surface area contributed by atoms with Crippen molar-refractivity contribution in [2.24, 2.45) is 17.2 Å². The lowest BCUT2D eigenvalue weighted by Gasteiger charge is -2.31. The summed E-state index contributed by atoms with van der Waals surface area (Å²) in [5.74, 6) is 5.20. The highest BCUT2D eigenvalue weighted by atomic mass is 32.1. The Balaban J connectivity index is 2.02. The molecule has 3 rings (SSSR count). The van der Waals surface area contributed by atoms with Crippen LogP contribution in [0.4, 0.5) is 0 Å². The molecule has 2 heterocycles. The van der Waals surface area contributed by atoms with Crippen molar-refractivity contribution in [3.63, 3.8) is 0 Å². The van der Waals surface area contributed by atoms with Crippen LogP contribution in [0, 0.1) is 11.3 Å². The van der Waals surface area contributed by atoms with E-state index < -0.39 is 5.97 Å². The summed E-state index contributed by atoms with van der Waals surface area (Å²) in [5.41, 5.74) is 4.58. The highest BCUT2D eigenvalue weighted by molar-refractivity contribution is 7.12. The van der Waals surface area contributed by atoms with Crippen molar-refractivity contribution in [2.45, 2.75) is 45.4 Å². The molecule has 1 aromatic heterocycles. The van der Waals surface area contributed by atoms with E-state index in [9.17, 15) is 9.90 Å². The maximum atomic E-state index is 12.0. The minimum Gasteiger partial charge on any atom is -0.478 e. The van der Waals surface area contributed by atoms with Crippen LogP contribution in [-0.4, -0.2) is 30.8 Å². The van der Waals surface area contributed by atoms with Gasteiger partial charge in [-0.05, 0) is 36.7 Å². The normalized spacial score (nSPS) is 26.7. The first-order valence-corrected chi connectivity index (χ1v) is 9.13. The fourth-order valence-corrected chi connectivity index (χ4v) is 5.47. The Bertz CT molecular complexity index is 595. The lowest BCUT2D eigenvalue weighted by Crippen LogP contribution is -2.37. The fourth-order valence-electron chi connectivity index (χ4n) is 3.93. The van der Waals surface area contributed by atoms with E-state index in [1.165, 1.54) is 4.88 Å². The standard InChI is InChI=1S/C17H26N2O3S/c1-17(2)5-3-13-12(7-17)14(16(20)21)15(23-13)11-4-6-22-9-10(11)8-19-18/h10-11,19H,3-9,18H2,1-2H3,(H,20,21)/t10-,11+/m0/s1. The highest BCUT2D eigenvalue weighted by Crippen LogP contribution is 2.46. The number of carbonyl (C=O) groups is 1. The van der Waals surface area contributed by atoms with Gasteiger partial charge < -0.3 is 9.84 Å². The molecule has 1 aliphatic carbocycles. The summed E-state index contributed by atoms with van der Waals surface area (Å²) >= 11 is 1.72. The maximum Gasteiger partial charge on any atom is 0.337 e. The summed E-state index contributed by atoms with van der Waals surface area (Å²) in [6.07, 6.45) is 3.86. The number of aryl methyl sites for hydroxylation is 1. The van der Waals surface area contributed by atoms with Crippen LogP contribution in [-0.2, 0) is 17.6 Å². The molecule has 1 saturated heterocycles. The van der Waals surface area contributed by atoms with Crippen LogP contribution in [0.5, 0.6) is 0 Å². The third-order valence-electron chi connectivity index (χ3n) is 5.21. The molecule has 2 aliphatic rings. The zero-order valence-electron chi connectivity index (χ0n) is 13.9. The molecule has 0 amide bonds. The van der Waals surface area contributed by atoms with Crippen molar-refractivity contribution >= 4 is 17.3 Å². The predicted molar refractivity (Wildman–Crippen MR) is 90.9 cm³/mol. The average Bonchev–Trinajstić information content (AvgIpc) is 2.85. The second-order valence-corrected chi connectivity index (χ2v) is 8.66. The van der Waals surface area contributed by atoms with Crippen LogP contribution in [0.3, 0.4) is 0 Å². The van der Waals surface area contributed by atoms with Gasteiger partial charge >= 0.3 is 5.97 Å². The topological polar surface area (TPSA) is 84.6 Å². The van der Waals surface area contributed by atoms with E-state index in [4.69, 9.17) is 10.6 Å². The molecule has 128 valence electrons. The summed E-state index contributed by atoms with van der Waals surface area (Å²) in [6.45, 7) is 6.45. The monoisotopic (exact) mass is 338 g/mol. The molecule has 0 bridgehead atoms. The van der Waals surface area contributed by atoms with E-state index in [0.717, 1.165) is 36.1 Å². The van der Waals surface area contributed by atoms with Gasteiger partial charge in [0.05, 0.1) is 12.2 Å². The molecule has 4 N–H and O–H groups in total. The van der Waals surface area contributed by atoms with Gasteiger partial charge in [0.1, 0.15) is 0 Å². The molecular weight excluding hydrogens is 312 g/mol. The van der Waals surface area contributed by atoms with Crippen molar-refractivity contribution in [1.82, 2.24) is 5.43 Å². The van der Waals surface area contributed by atoms with Crippen molar-refractivity contribution < 1.29 is 14.6 Å². The van der Waals surface area contributed by atoms with Gasteiger partial charge in [0.15, 0.2) is 0 Å². The molecule has 23 heavy (non-hydrogen) atoms. The van der Waals surface area contributed by atoms with Crippen molar-refractivity contribution in [3.8, 4) is 0 Å². The molecule has 0 radical (unpaired) electrons. The summed E-state index contributed by atoms with van der Waals surface area (Å²) in [5, 5.41) is 9.86. The molecule has 0 spiro atoms. The molecule has 1 fully saturated rings. The minimum absolute atomic E-state index is 0.184.